The molecule has 1 atom stereocenters. The number of hydrogen-bond donors (Lipinski definition) is 0. The molecule has 27 heavy (non-hydrogen) atoms. The zero-order valence-electron chi connectivity index (χ0n) is 16.3. The monoisotopic (exact) mass is 360 g/mol. The van der Waals surface area contributed by atoms with Crippen LogP contribution in [0.25, 0.3) is 0 Å². The molecule has 0 N–H and O–H groups in total. The third-order valence-electron chi connectivity index (χ3n) is 5.93. The Morgan fingerprint density at radius 3 is 1.85 bits per heavy atom. The fraction of sp³-hybridized carbons (Fsp3) is 0.417. The summed E-state index contributed by atoms with van der Waals surface area (Å²) in [6.07, 6.45) is 5.50. The zero-order valence-corrected chi connectivity index (χ0v) is 16.3. The van der Waals surface area contributed by atoms with Crippen LogP contribution >= 0.6 is 0 Å². The highest BCUT2D eigenvalue weighted by Crippen LogP contribution is 2.47. The lowest BCUT2D eigenvalue weighted by Crippen LogP contribution is -2.48. The van der Waals surface area contributed by atoms with Gasteiger partial charge in [0.05, 0.1) is 12.0 Å². The quantitative estimate of drug-likeness (QED) is 0.770. The molecule has 1 amide bonds. The van der Waals surface area contributed by atoms with Crippen LogP contribution in [0.15, 0.2) is 60.7 Å². The Morgan fingerprint density at radius 2 is 1.44 bits per heavy atom. The summed E-state index contributed by atoms with van der Waals surface area (Å²) in [7, 11) is 3.60. The van der Waals surface area contributed by atoms with Crippen LogP contribution in [0.5, 0.6) is 0 Å². The van der Waals surface area contributed by atoms with Crippen LogP contribution in [0, 0.1) is 23.2 Å². The molecule has 1 saturated carbocycles. The van der Waals surface area contributed by atoms with Crippen LogP contribution in [0.3, 0.4) is 0 Å². The van der Waals surface area contributed by atoms with Crippen molar-refractivity contribution in [2.45, 2.75) is 37.5 Å². The molecule has 2 aromatic rings. The lowest BCUT2D eigenvalue weighted by atomic mass is 9.60. The van der Waals surface area contributed by atoms with Crippen LogP contribution in [0.2, 0.25) is 0 Å². The van der Waals surface area contributed by atoms with E-state index in [9.17, 15) is 10.1 Å². The molecule has 1 fully saturated rings. The Balaban J connectivity index is 2.25. The smallest absolute Gasteiger partial charge is 0.227 e. The van der Waals surface area contributed by atoms with Gasteiger partial charge in [0, 0.05) is 14.1 Å². The lowest BCUT2D eigenvalue weighted by molar-refractivity contribution is -0.136. The van der Waals surface area contributed by atoms with Gasteiger partial charge in [0.2, 0.25) is 5.91 Å². The van der Waals surface area contributed by atoms with Crippen LogP contribution in [-0.4, -0.2) is 24.9 Å². The van der Waals surface area contributed by atoms with Crippen molar-refractivity contribution in [3.8, 4) is 6.07 Å². The van der Waals surface area contributed by atoms with E-state index in [1.807, 2.05) is 60.7 Å². The number of carbonyl (C=O) groups excluding carboxylic acids is 1. The van der Waals surface area contributed by atoms with Crippen molar-refractivity contribution in [1.82, 2.24) is 4.90 Å². The van der Waals surface area contributed by atoms with E-state index < -0.39 is 5.41 Å². The topological polar surface area (TPSA) is 44.1 Å². The summed E-state index contributed by atoms with van der Waals surface area (Å²) in [5, 5.41) is 10.6. The first kappa shape index (κ1) is 19.2. The second kappa shape index (κ2) is 8.39. The molecular weight excluding hydrogens is 332 g/mol. The Bertz CT molecular complexity index is 747. The summed E-state index contributed by atoms with van der Waals surface area (Å²) in [5.41, 5.74) is 0.834. The fourth-order valence-corrected chi connectivity index (χ4v) is 4.61. The molecule has 3 nitrogen and oxygen atoms in total. The first-order valence-electron chi connectivity index (χ1n) is 9.84. The maximum Gasteiger partial charge on any atom is 0.227 e. The minimum absolute atomic E-state index is 0.0520. The summed E-state index contributed by atoms with van der Waals surface area (Å²) in [6, 6.07) is 22.4. The molecule has 1 aliphatic carbocycles. The van der Waals surface area contributed by atoms with Crippen molar-refractivity contribution >= 4 is 5.91 Å². The molecule has 3 heteroatoms. The minimum atomic E-state index is -0.980. The van der Waals surface area contributed by atoms with Gasteiger partial charge in [-0.3, -0.25) is 4.79 Å². The Kier molecular flexibility index (Phi) is 5.96. The third-order valence-corrected chi connectivity index (χ3v) is 5.93. The van der Waals surface area contributed by atoms with Crippen molar-refractivity contribution in [3.63, 3.8) is 0 Å². The molecule has 140 valence electrons. The molecule has 0 bridgehead atoms. The van der Waals surface area contributed by atoms with Crippen LogP contribution in [0.4, 0.5) is 0 Å². The van der Waals surface area contributed by atoms with Crippen molar-refractivity contribution in [1.29, 1.82) is 5.26 Å². The fourth-order valence-electron chi connectivity index (χ4n) is 4.61. The number of amides is 1. The molecule has 0 aliphatic heterocycles. The largest absolute Gasteiger partial charge is 0.349 e. The van der Waals surface area contributed by atoms with Crippen molar-refractivity contribution in [2.24, 2.45) is 11.8 Å². The molecule has 1 unspecified atom stereocenters. The van der Waals surface area contributed by atoms with Crippen LogP contribution < -0.4 is 0 Å². The summed E-state index contributed by atoms with van der Waals surface area (Å²) in [4.78, 5) is 15.1. The number of carbonyl (C=O) groups is 1. The van der Waals surface area contributed by atoms with E-state index >= 15 is 0 Å². The summed E-state index contributed by atoms with van der Waals surface area (Å²) in [6.45, 7) is 0. The summed E-state index contributed by atoms with van der Waals surface area (Å²) in [5.74, 6) is -0.118. The van der Waals surface area contributed by atoms with Gasteiger partial charge in [-0.1, -0.05) is 79.9 Å². The lowest BCUT2D eigenvalue weighted by Gasteiger charge is -2.42. The molecule has 0 heterocycles. The number of hydrogen-bond acceptors (Lipinski definition) is 2. The van der Waals surface area contributed by atoms with Gasteiger partial charge in [0.15, 0.2) is 0 Å². The van der Waals surface area contributed by atoms with E-state index in [0.29, 0.717) is 0 Å². The van der Waals surface area contributed by atoms with Crippen molar-refractivity contribution in [3.05, 3.63) is 71.8 Å². The van der Waals surface area contributed by atoms with E-state index in [0.717, 1.165) is 36.8 Å². The normalized spacial score (nSPS) is 16.3. The molecule has 0 radical (unpaired) electrons. The van der Waals surface area contributed by atoms with Gasteiger partial charge < -0.3 is 4.90 Å². The average Bonchev–Trinajstić information content (AvgIpc) is 2.73. The number of nitriles is 1. The molecule has 0 spiro atoms. The number of nitrogens with zero attached hydrogens (tertiary/aromatic N) is 2. The third kappa shape index (κ3) is 3.62. The van der Waals surface area contributed by atoms with Gasteiger partial charge in [0.1, 0.15) is 5.41 Å². The summed E-state index contributed by atoms with van der Waals surface area (Å²) < 4.78 is 0. The van der Waals surface area contributed by atoms with E-state index in [-0.39, 0.29) is 17.7 Å². The minimum Gasteiger partial charge on any atom is -0.349 e. The van der Waals surface area contributed by atoms with Crippen LogP contribution in [0.1, 0.15) is 43.2 Å². The highest BCUT2D eigenvalue weighted by Gasteiger charge is 2.50. The van der Waals surface area contributed by atoms with Gasteiger partial charge in [-0.15, -0.1) is 0 Å². The summed E-state index contributed by atoms with van der Waals surface area (Å²) >= 11 is 0. The van der Waals surface area contributed by atoms with Crippen LogP contribution in [-0.2, 0) is 10.2 Å². The maximum absolute atomic E-state index is 13.5. The average molecular weight is 361 g/mol. The van der Waals surface area contributed by atoms with Gasteiger partial charge in [-0.2, -0.15) is 5.26 Å². The number of benzene rings is 2. The number of rotatable bonds is 5. The SMILES string of the molecule is CN(C)C(=O)C(C1CCCCC1)C(C#N)(c1ccccc1)c1ccccc1. The maximum atomic E-state index is 13.5. The van der Waals surface area contributed by atoms with E-state index in [1.54, 1.807) is 19.0 Å². The molecule has 0 saturated heterocycles. The molecule has 3 rings (SSSR count). The highest BCUT2D eigenvalue weighted by atomic mass is 16.2. The Labute approximate surface area is 162 Å². The van der Waals surface area contributed by atoms with Gasteiger partial charge in [-0.25, -0.2) is 0 Å². The van der Waals surface area contributed by atoms with Crippen molar-refractivity contribution < 1.29 is 4.79 Å². The zero-order chi connectivity index (χ0) is 19.3. The van der Waals surface area contributed by atoms with Gasteiger partial charge >= 0.3 is 0 Å². The van der Waals surface area contributed by atoms with Gasteiger partial charge in [0.25, 0.3) is 0 Å². The first-order valence-corrected chi connectivity index (χ1v) is 9.84. The predicted octanol–water partition coefficient (Wildman–Crippen LogP) is 4.78. The molecule has 2 aromatic carbocycles. The van der Waals surface area contributed by atoms with Gasteiger partial charge in [-0.05, 0) is 29.9 Å². The van der Waals surface area contributed by atoms with E-state index in [4.69, 9.17) is 0 Å². The van der Waals surface area contributed by atoms with E-state index in [1.165, 1.54) is 6.42 Å². The standard InChI is InChI=1S/C24H28N2O/c1-26(2)23(27)22(19-12-6-3-7-13-19)24(18-25,20-14-8-4-9-15-20)21-16-10-5-11-17-21/h4-5,8-11,14-17,19,22H,3,6-7,12-13H2,1-2H3. The Morgan fingerprint density at radius 1 is 0.963 bits per heavy atom. The highest BCUT2D eigenvalue weighted by molar-refractivity contribution is 5.82. The second-order valence-electron chi connectivity index (χ2n) is 7.76. The van der Waals surface area contributed by atoms with Crippen molar-refractivity contribution in [2.75, 3.05) is 14.1 Å². The first-order chi connectivity index (χ1) is 13.1. The van der Waals surface area contributed by atoms with E-state index in [2.05, 4.69) is 6.07 Å². The molecule has 0 aromatic heterocycles. The second-order valence-corrected chi connectivity index (χ2v) is 7.76. The molecule has 1 aliphatic rings. The molecular formula is C24H28N2O. The predicted molar refractivity (Wildman–Crippen MR) is 108 cm³/mol. The Hall–Kier alpha value is -2.60.